The molecule has 216 valence electrons. The van der Waals surface area contributed by atoms with Crippen molar-refractivity contribution in [3.05, 3.63) is 89.5 Å². The maximum Gasteiger partial charge on any atom is 0.275 e. The second-order valence-corrected chi connectivity index (χ2v) is 11.2. The zero-order valence-electron chi connectivity index (χ0n) is 23.7. The van der Waals surface area contributed by atoms with Crippen molar-refractivity contribution in [2.24, 2.45) is 0 Å². The van der Waals surface area contributed by atoms with Crippen LogP contribution in [0.25, 0.3) is 11.1 Å². The molecule has 1 unspecified atom stereocenters. The van der Waals surface area contributed by atoms with E-state index in [4.69, 9.17) is 5.21 Å². The van der Waals surface area contributed by atoms with Crippen LogP contribution in [0.15, 0.2) is 72.8 Å². The van der Waals surface area contributed by atoms with Crippen LogP contribution >= 0.6 is 0 Å². The van der Waals surface area contributed by atoms with Gasteiger partial charge in [-0.3, -0.25) is 19.6 Å². The fourth-order valence-corrected chi connectivity index (χ4v) is 5.11. The molecule has 1 aliphatic rings. The van der Waals surface area contributed by atoms with Crippen molar-refractivity contribution < 1.29 is 24.7 Å². The number of hydrogen-bond acceptors (Lipinski definition) is 6. The topological polar surface area (TPSA) is 131 Å². The molecular weight excluding hydrogens is 520 g/mol. The van der Waals surface area contributed by atoms with Gasteiger partial charge in [0.05, 0.1) is 12.6 Å². The largest absolute Gasteiger partial charge is 0.392 e. The number of hydroxylamine groups is 1. The molecule has 3 aromatic carbocycles. The molecule has 9 nitrogen and oxygen atoms in total. The van der Waals surface area contributed by atoms with E-state index in [9.17, 15) is 19.5 Å². The first-order chi connectivity index (χ1) is 19.6. The van der Waals surface area contributed by atoms with Gasteiger partial charge in [-0.25, -0.2) is 5.48 Å². The van der Waals surface area contributed by atoms with Gasteiger partial charge in [0.15, 0.2) is 0 Å². The van der Waals surface area contributed by atoms with Crippen LogP contribution in [0.3, 0.4) is 0 Å². The smallest absolute Gasteiger partial charge is 0.275 e. The molecule has 0 spiro atoms. The summed E-state index contributed by atoms with van der Waals surface area (Å²) in [4.78, 5) is 40.7. The number of aryl methyl sites for hydroxylation is 1. The summed E-state index contributed by atoms with van der Waals surface area (Å²) in [7, 11) is 0. The van der Waals surface area contributed by atoms with Gasteiger partial charge in [0.1, 0.15) is 6.04 Å². The molecule has 9 heteroatoms. The summed E-state index contributed by atoms with van der Waals surface area (Å²) in [6.07, 6.45) is 0.766. The third kappa shape index (κ3) is 7.58. The highest BCUT2D eigenvalue weighted by atomic mass is 16.5. The Morgan fingerprint density at radius 1 is 1.02 bits per heavy atom. The van der Waals surface area contributed by atoms with Crippen molar-refractivity contribution in [3.63, 3.8) is 0 Å². The number of hydrogen-bond donors (Lipinski definition) is 5. The number of β-amino-alcohol motifs (C(OH)–C–C–N with tert-alkyl or cyclic N) is 1. The van der Waals surface area contributed by atoms with Crippen LogP contribution in [0.5, 0.6) is 0 Å². The lowest BCUT2D eigenvalue weighted by Crippen LogP contribution is -2.51. The van der Waals surface area contributed by atoms with Crippen molar-refractivity contribution in [1.29, 1.82) is 0 Å². The molecule has 4 rings (SSSR count). The lowest BCUT2D eigenvalue weighted by atomic mass is 9.98. The first-order valence-corrected chi connectivity index (χ1v) is 13.8. The van der Waals surface area contributed by atoms with Gasteiger partial charge in [-0.2, -0.15) is 0 Å². The first-order valence-electron chi connectivity index (χ1n) is 13.8. The van der Waals surface area contributed by atoms with E-state index in [0.717, 1.165) is 22.4 Å². The number of benzene rings is 3. The Balaban J connectivity index is 1.53. The Morgan fingerprint density at radius 3 is 2.41 bits per heavy atom. The fourth-order valence-electron chi connectivity index (χ4n) is 5.11. The van der Waals surface area contributed by atoms with Gasteiger partial charge in [-0.15, -0.1) is 0 Å². The molecule has 0 saturated heterocycles. The van der Waals surface area contributed by atoms with E-state index in [2.05, 4.69) is 10.6 Å². The first kappa shape index (κ1) is 29.9. The van der Waals surface area contributed by atoms with E-state index in [1.165, 1.54) is 0 Å². The number of aliphatic hydroxyl groups excluding tert-OH is 1. The van der Waals surface area contributed by atoms with Crippen molar-refractivity contribution in [3.8, 4) is 11.1 Å². The Hall–Kier alpha value is -4.05. The predicted octanol–water partition coefficient (Wildman–Crippen LogP) is 3.58. The van der Waals surface area contributed by atoms with Gasteiger partial charge in [0.25, 0.3) is 5.91 Å². The van der Waals surface area contributed by atoms with Crippen molar-refractivity contribution in [2.75, 3.05) is 11.4 Å². The minimum atomic E-state index is -0.675. The molecule has 0 bridgehead atoms. The highest BCUT2D eigenvalue weighted by Gasteiger charge is 2.32. The van der Waals surface area contributed by atoms with Crippen LogP contribution in [0, 0.1) is 0 Å². The number of amides is 3. The van der Waals surface area contributed by atoms with Gasteiger partial charge < -0.3 is 20.6 Å². The van der Waals surface area contributed by atoms with Crippen LogP contribution in [0.4, 0.5) is 5.69 Å². The van der Waals surface area contributed by atoms with E-state index in [1.54, 1.807) is 29.4 Å². The Morgan fingerprint density at radius 2 is 1.71 bits per heavy atom. The summed E-state index contributed by atoms with van der Waals surface area (Å²) in [5.41, 5.74) is 5.72. The number of anilines is 1. The zero-order valence-corrected chi connectivity index (χ0v) is 23.7. The van der Waals surface area contributed by atoms with Crippen molar-refractivity contribution in [1.82, 2.24) is 16.1 Å². The third-order valence-corrected chi connectivity index (χ3v) is 7.24. The molecule has 3 aromatic rings. The number of aliphatic hydroxyl groups is 1. The number of nitrogens with zero attached hydrogens (tertiary/aromatic N) is 1. The van der Waals surface area contributed by atoms with Gasteiger partial charge in [0, 0.05) is 29.8 Å². The Bertz CT molecular complexity index is 1390. The van der Waals surface area contributed by atoms with Gasteiger partial charge in [0.2, 0.25) is 11.8 Å². The zero-order chi connectivity index (χ0) is 29.6. The number of rotatable bonds is 10. The lowest BCUT2D eigenvalue weighted by Gasteiger charge is -2.29. The second-order valence-electron chi connectivity index (χ2n) is 11.2. The van der Waals surface area contributed by atoms with Gasteiger partial charge in [-0.05, 0) is 68.0 Å². The summed E-state index contributed by atoms with van der Waals surface area (Å²) < 4.78 is 0. The summed E-state index contributed by atoms with van der Waals surface area (Å²) in [5, 5.41) is 24.9. The van der Waals surface area contributed by atoms with Crippen LogP contribution in [-0.2, 0) is 22.6 Å². The Kier molecular flexibility index (Phi) is 9.54. The van der Waals surface area contributed by atoms with Crippen LogP contribution in [-0.4, -0.2) is 52.3 Å². The lowest BCUT2D eigenvalue weighted by molar-refractivity contribution is -0.128. The molecule has 0 saturated carbocycles. The van der Waals surface area contributed by atoms with Crippen LogP contribution in [0.1, 0.15) is 55.1 Å². The molecule has 0 radical (unpaired) electrons. The molecular formula is C32H38N4O5. The SMILES string of the molecule is C[C@@H](O)CNC(C)(C)CC(=O)NC1CCc2ccccc2N(Cc2ccc(-c3ccccc3C(=O)NO)cc2)C1=O. The average Bonchev–Trinajstić information content (AvgIpc) is 3.08. The van der Waals surface area contributed by atoms with Crippen molar-refractivity contribution >= 4 is 23.4 Å². The molecule has 41 heavy (non-hydrogen) atoms. The van der Waals surface area contributed by atoms with E-state index in [-0.39, 0.29) is 18.2 Å². The highest BCUT2D eigenvalue weighted by molar-refractivity contribution is 6.01. The third-order valence-electron chi connectivity index (χ3n) is 7.24. The van der Waals surface area contributed by atoms with E-state index in [0.29, 0.717) is 37.1 Å². The summed E-state index contributed by atoms with van der Waals surface area (Å²) in [6.45, 7) is 6.14. The molecule has 1 aliphatic heterocycles. The minimum Gasteiger partial charge on any atom is -0.392 e. The number of nitrogens with one attached hydrogen (secondary N) is 3. The molecule has 0 aliphatic carbocycles. The normalized spacial score (nSPS) is 16.0. The minimum absolute atomic E-state index is 0.160. The standard InChI is InChI=1S/C32H38N4O5/c1-21(37)19-33-32(2,3)18-29(38)34-27-17-16-24-8-4-7-11-28(24)36(31(27)40)20-22-12-14-23(15-13-22)25-9-5-6-10-26(25)30(39)35-41/h4-15,21,27,33,37,41H,16-20H2,1-3H3,(H,34,38)(H,35,39)/t21-,27?/m1/s1. The molecule has 2 atom stereocenters. The average molecular weight is 559 g/mol. The molecule has 0 aromatic heterocycles. The van der Waals surface area contributed by atoms with Crippen LogP contribution < -0.4 is 21.0 Å². The molecule has 3 amide bonds. The summed E-state index contributed by atoms with van der Waals surface area (Å²) in [6, 6.07) is 21.7. The summed E-state index contributed by atoms with van der Waals surface area (Å²) >= 11 is 0. The molecule has 1 heterocycles. The molecule has 5 N–H and O–H groups in total. The number of para-hydroxylation sites is 1. The van der Waals surface area contributed by atoms with Gasteiger partial charge in [-0.1, -0.05) is 60.7 Å². The second kappa shape index (κ2) is 13.1. The van der Waals surface area contributed by atoms with Crippen molar-refractivity contribution in [2.45, 2.75) is 64.3 Å². The van der Waals surface area contributed by atoms with Crippen LogP contribution in [0.2, 0.25) is 0 Å². The Labute approximate surface area is 240 Å². The number of carbonyl (C=O) groups is 3. The highest BCUT2D eigenvalue weighted by Crippen LogP contribution is 2.30. The maximum atomic E-state index is 13.9. The van der Waals surface area contributed by atoms with E-state index in [1.807, 2.05) is 74.5 Å². The number of fused-ring (bicyclic) bond motifs is 1. The quantitative estimate of drug-likeness (QED) is 0.191. The number of carbonyl (C=O) groups excluding carboxylic acids is 3. The van der Waals surface area contributed by atoms with Gasteiger partial charge >= 0.3 is 0 Å². The van der Waals surface area contributed by atoms with E-state index >= 15 is 0 Å². The maximum absolute atomic E-state index is 13.9. The molecule has 0 fully saturated rings. The fraction of sp³-hybridized carbons (Fsp3) is 0.344. The van der Waals surface area contributed by atoms with E-state index < -0.39 is 23.6 Å². The summed E-state index contributed by atoms with van der Waals surface area (Å²) in [5.74, 6) is -0.994. The predicted molar refractivity (Wildman–Crippen MR) is 157 cm³/mol. The monoisotopic (exact) mass is 558 g/mol.